The van der Waals surface area contributed by atoms with Crippen molar-refractivity contribution in [1.82, 2.24) is 10.3 Å². The third-order valence-electron chi connectivity index (χ3n) is 4.03. The van der Waals surface area contributed by atoms with Crippen LogP contribution in [0.5, 0.6) is 0 Å². The molecule has 0 bridgehead atoms. The largest absolute Gasteiger partial charge is 0.361 e. The van der Waals surface area contributed by atoms with E-state index in [4.69, 9.17) is 11.6 Å². The number of carbonyl (C=O) groups is 1. The highest BCUT2D eigenvalue weighted by molar-refractivity contribution is 6.31. The molecule has 0 aliphatic heterocycles. The maximum atomic E-state index is 11.8. The monoisotopic (exact) mass is 290 g/mol. The Balaban J connectivity index is 1.84. The van der Waals surface area contributed by atoms with Crippen LogP contribution in [-0.4, -0.2) is 17.4 Å². The van der Waals surface area contributed by atoms with Gasteiger partial charge in [0.05, 0.1) is 0 Å². The molecule has 3 rings (SSSR count). The topological polar surface area (TPSA) is 44.9 Å². The molecule has 0 saturated heterocycles. The van der Waals surface area contributed by atoms with Crippen molar-refractivity contribution in [1.29, 1.82) is 0 Å². The summed E-state index contributed by atoms with van der Waals surface area (Å²) in [4.78, 5) is 15.1. The first kappa shape index (κ1) is 13.5. The molecule has 0 spiro atoms. The van der Waals surface area contributed by atoms with Gasteiger partial charge in [-0.3, -0.25) is 4.79 Å². The van der Waals surface area contributed by atoms with Crippen LogP contribution < -0.4 is 5.32 Å². The molecular formula is C16H19ClN2O. The van der Waals surface area contributed by atoms with Crippen LogP contribution in [0.25, 0.3) is 10.9 Å². The summed E-state index contributed by atoms with van der Waals surface area (Å²) in [5.41, 5.74) is 2.13. The van der Waals surface area contributed by atoms with Gasteiger partial charge in [0, 0.05) is 40.0 Å². The number of aromatic amines is 1. The summed E-state index contributed by atoms with van der Waals surface area (Å²) in [5, 5.41) is 4.93. The summed E-state index contributed by atoms with van der Waals surface area (Å²) >= 11 is 6.09. The molecule has 4 heteroatoms. The summed E-state index contributed by atoms with van der Waals surface area (Å²) in [5.74, 6) is 0.444. The maximum absolute atomic E-state index is 11.8. The van der Waals surface area contributed by atoms with Gasteiger partial charge in [-0.05, 0) is 36.6 Å². The normalized spacial score (nSPS) is 15.6. The van der Waals surface area contributed by atoms with E-state index >= 15 is 0 Å². The lowest BCUT2D eigenvalue weighted by atomic mass is 9.84. The Morgan fingerprint density at radius 2 is 2.20 bits per heavy atom. The number of fused-ring (bicyclic) bond motifs is 1. The van der Waals surface area contributed by atoms with Crippen LogP contribution in [0.2, 0.25) is 5.02 Å². The first-order chi connectivity index (χ1) is 9.47. The second kappa shape index (κ2) is 4.81. The zero-order valence-corrected chi connectivity index (χ0v) is 12.6. The molecule has 0 atom stereocenters. The van der Waals surface area contributed by atoms with E-state index in [1.54, 1.807) is 0 Å². The van der Waals surface area contributed by atoms with E-state index in [2.05, 4.69) is 24.1 Å². The van der Waals surface area contributed by atoms with Crippen LogP contribution in [0, 0.1) is 5.92 Å². The van der Waals surface area contributed by atoms with Crippen LogP contribution >= 0.6 is 11.6 Å². The van der Waals surface area contributed by atoms with Crippen molar-refractivity contribution in [3.8, 4) is 0 Å². The summed E-state index contributed by atoms with van der Waals surface area (Å²) in [7, 11) is 0. The van der Waals surface area contributed by atoms with E-state index in [0.29, 0.717) is 6.54 Å². The molecule has 0 radical (unpaired) electrons. The molecule has 1 amide bonds. The Kier molecular flexibility index (Phi) is 3.25. The van der Waals surface area contributed by atoms with Crippen molar-refractivity contribution >= 4 is 28.4 Å². The average molecular weight is 291 g/mol. The number of aromatic nitrogens is 1. The van der Waals surface area contributed by atoms with Crippen LogP contribution in [0.15, 0.2) is 24.4 Å². The van der Waals surface area contributed by atoms with Crippen molar-refractivity contribution in [2.75, 3.05) is 6.54 Å². The zero-order chi connectivity index (χ0) is 14.3. The first-order valence-electron chi connectivity index (χ1n) is 7.02. The number of amides is 1. The third kappa shape index (κ3) is 2.55. The Morgan fingerprint density at radius 1 is 1.45 bits per heavy atom. The van der Waals surface area contributed by atoms with E-state index < -0.39 is 0 Å². The quantitative estimate of drug-likeness (QED) is 0.887. The first-order valence-corrected chi connectivity index (χ1v) is 7.40. The highest BCUT2D eigenvalue weighted by Crippen LogP contribution is 2.32. The number of H-pyrrole nitrogens is 1. The van der Waals surface area contributed by atoms with Crippen LogP contribution in [0.3, 0.4) is 0 Å². The van der Waals surface area contributed by atoms with E-state index in [1.165, 1.54) is 5.56 Å². The van der Waals surface area contributed by atoms with Gasteiger partial charge in [-0.25, -0.2) is 0 Å². The van der Waals surface area contributed by atoms with Gasteiger partial charge in [-0.2, -0.15) is 0 Å². The van der Waals surface area contributed by atoms with Gasteiger partial charge >= 0.3 is 0 Å². The van der Waals surface area contributed by atoms with Crippen LogP contribution in [0.1, 0.15) is 32.3 Å². The lowest BCUT2D eigenvalue weighted by Gasteiger charge is -2.25. The molecule has 1 saturated carbocycles. The molecule has 1 heterocycles. The standard InChI is InChI=1S/C16H19ClN2O/c1-16(2,9-19-15(20)10-3-4-10)13-8-18-14-6-5-11(17)7-12(13)14/h5-8,10,18H,3-4,9H2,1-2H3,(H,19,20). The molecule has 106 valence electrons. The van der Waals surface area contributed by atoms with Crippen molar-refractivity contribution in [3.63, 3.8) is 0 Å². The Morgan fingerprint density at radius 3 is 2.90 bits per heavy atom. The van der Waals surface area contributed by atoms with Gasteiger partial charge in [-0.1, -0.05) is 25.4 Å². The van der Waals surface area contributed by atoms with E-state index in [0.717, 1.165) is 28.8 Å². The molecule has 1 aliphatic rings. The van der Waals surface area contributed by atoms with Gasteiger partial charge in [0.1, 0.15) is 0 Å². The van der Waals surface area contributed by atoms with E-state index in [1.807, 2.05) is 24.4 Å². The smallest absolute Gasteiger partial charge is 0.223 e. The summed E-state index contributed by atoms with van der Waals surface area (Å²) in [6.45, 7) is 4.93. The lowest BCUT2D eigenvalue weighted by molar-refractivity contribution is -0.122. The number of hydrogen-bond acceptors (Lipinski definition) is 1. The van der Waals surface area contributed by atoms with Crippen molar-refractivity contribution in [2.45, 2.75) is 32.1 Å². The van der Waals surface area contributed by atoms with Gasteiger partial charge < -0.3 is 10.3 Å². The predicted molar refractivity (Wildman–Crippen MR) is 82.1 cm³/mol. The second-order valence-electron chi connectivity index (χ2n) is 6.27. The molecule has 1 aromatic carbocycles. The molecule has 2 aromatic rings. The number of carbonyl (C=O) groups excluding carboxylic acids is 1. The SMILES string of the molecule is CC(C)(CNC(=O)C1CC1)c1c[nH]c2ccc(Cl)cc12. The molecule has 1 aliphatic carbocycles. The van der Waals surface area contributed by atoms with E-state index in [9.17, 15) is 4.79 Å². The Hall–Kier alpha value is -1.48. The van der Waals surface area contributed by atoms with Crippen molar-refractivity contribution in [3.05, 3.63) is 35.0 Å². The Labute approximate surface area is 123 Å². The molecule has 1 fully saturated rings. The van der Waals surface area contributed by atoms with Gasteiger partial charge in [0.2, 0.25) is 5.91 Å². The van der Waals surface area contributed by atoms with Gasteiger partial charge in [0.25, 0.3) is 0 Å². The number of nitrogens with one attached hydrogen (secondary N) is 2. The fourth-order valence-electron chi connectivity index (χ4n) is 2.55. The predicted octanol–water partition coefficient (Wildman–Crippen LogP) is 3.63. The summed E-state index contributed by atoms with van der Waals surface area (Å²) in [6, 6.07) is 5.85. The third-order valence-corrected chi connectivity index (χ3v) is 4.26. The summed E-state index contributed by atoms with van der Waals surface area (Å²) < 4.78 is 0. The second-order valence-corrected chi connectivity index (χ2v) is 6.70. The maximum Gasteiger partial charge on any atom is 0.223 e. The molecule has 1 aromatic heterocycles. The molecule has 3 nitrogen and oxygen atoms in total. The van der Waals surface area contributed by atoms with Crippen molar-refractivity contribution in [2.24, 2.45) is 5.92 Å². The van der Waals surface area contributed by atoms with Gasteiger partial charge in [-0.15, -0.1) is 0 Å². The fourth-order valence-corrected chi connectivity index (χ4v) is 2.72. The molecular weight excluding hydrogens is 272 g/mol. The highest BCUT2D eigenvalue weighted by Gasteiger charge is 2.31. The molecule has 20 heavy (non-hydrogen) atoms. The van der Waals surface area contributed by atoms with Gasteiger partial charge in [0.15, 0.2) is 0 Å². The minimum atomic E-state index is -0.131. The minimum Gasteiger partial charge on any atom is -0.361 e. The van der Waals surface area contributed by atoms with Crippen LogP contribution in [0.4, 0.5) is 0 Å². The average Bonchev–Trinajstić information content (AvgIpc) is 3.16. The Bertz CT molecular complexity index is 656. The van der Waals surface area contributed by atoms with E-state index in [-0.39, 0.29) is 17.2 Å². The fraction of sp³-hybridized carbons (Fsp3) is 0.438. The summed E-state index contributed by atoms with van der Waals surface area (Å²) in [6.07, 6.45) is 4.09. The number of hydrogen-bond donors (Lipinski definition) is 2. The highest BCUT2D eigenvalue weighted by atomic mass is 35.5. The molecule has 2 N–H and O–H groups in total. The number of halogens is 1. The minimum absolute atomic E-state index is 0.131. The van der Waals surface area contributed by atoms with Crippen LogP contribution in [-0.2, 0) is 10.2 Å². The number of benzene rings is 1. The molecule has 0 unspecified atom stereocenters. The number of rotatable bonds is 4. The lowest BCUT2D eigenvalue weighted by Crippen LogP contribution is -2.37. The zero-order valence-electron chi connectivity index (χ0n) is 11.8. The van der Waals surface area contributed by atoms with Crippen molar-refractivity contribution < 1.29 is 4.79 Å².